The van der Waals surface area contributed by atoms with Crippen molar-refractivity contribution < 1.29 is 22.1 Å². The third-order valence-corrected chi connectivity index (χ3v) is 5.10. The topological polar surface area (TPSA) is 94.3 Å². The summed E-state index contributed by atoms with van der Waals surface area (Å²) in [6.07, 6.45) is 0.241. The number of sulfonamides is 1. The molecule has 9 heteroatoms. The number of nitrogens with zero attached hydrogens (tertiary/aromatic N) is 2. The van der Waals surface area contributed by atoms with E-state index < -0.39 is 15.8 Å². The fraction of sp³-hybridized carbons (Fsp3) is 0.222. The smallest absolute Gasteiger partial charge is 0.228 e. The summed E-state index contributed by atoms with van der Waals surface area (Å²) < 4.78 is 50.0. The van der Waals surface area contributed by atoms with Crippen LogP contribution >= 0.6 is 0 Å². The molecule has 1 N–H and O–H groups in total. The number of aromatic nitrogens is 2. The van der Waals surface area contributed by atoms with Crippen LogP contribution in [-0.4, -0.2) is 32.2 Å². The molecule has 0 atom stereocenters. The molecular weight excluding hydrogens is 373 g/mol. The molecule has 3 rings (SSSR count). The normalized spacial score (nSPS) is 11.5. The van der Waals surface area contributed by atoms with Gasteiger partial charge in [-0.2, -0.15) is 4.98 Å². The fourth-order valence-corrected chi connectivity index (χ4v) is 3.61. The number of hydrogen-bond donors (Lipinski definition) is 1. The predicted molar refractivity (Wildman–Crippen MR) is 97.0 cm³/mol. The predicted octanol–water partition coefficient (Wildman–Crippen LogP) is 2.55. The van der Waals surface area contributed by atoms with Crippen molar-refractivity contribution in [1.82, 2.24) is 14.9 Å². The maximum atomic E-state index is 12.9. The van der Waals surface area contributed by atoms with Gasteiger partial charge >= 0.3 is 0 Å². The largest absolute Gasteiger partial charge is 0.496 e. The number of nitrogens with one attached hydrogen (secondary N) is 1. The molecule has 3 aromatic rings. The highest BCUT2D eigenvalue weighted by Gasteiger charge is 2.15. The van der Waals surface area contributed by atoms with Crippen molar-refractivity contribution in [3.8, 4) is 17.1 Å². The zero-order valence-corrected chi connectivity index (χ0v) is 15.4. The Morgan fingerprint density at radius 1 is 1.15 bits per heavy atom. The van der Waals surface area contributed by atoms with Crippen LogP contribution in [-0.2, 0) is 22.2 Å². The van der Waals surface area contributed by atoms with E-state index in [1.807, 2.05) is 12.1 Å². The van der Waals surface area contributed by atoms with Crippen molar-refractivity contribution in [2.75, 3.05) is 13.7 Å². The molecule has 142 valence electrons. The minimum absolute atomic E-state index is 0.108. The van der Waals surface area contributed by atoms with Crippen LogP contribution in [0, 0.1) is 5.82 Å². The van der Waals surface area contributed by atoms with Crippen LogP contribution in [0.15, 0.2) is 53.1 Å². The highest BCUT2D eigenvalue weighted by Crippen LogP contribution is 2.27. The Balaban J connectivity index is 1.58. The number of benzene rings is 2. The van der Waals surface area contributed by atoms with Gasteiger partial charge < -0.3 is 9.26 Å². The van der Waals surface area contributed by atoms with Crippen LogP contribution in [0.5, 0.6) is 5.75 Å². The van der Waals surface area contributed by atoms with Crippen LogP contribution in [0.3, 0.4) is 0 Å². The van der Waals surface area contributed by atoms with Gasteiger partial charge in [-0.1, -0.05) is 29.4 Å². The second-order valence-corrected chi connectivity index (χ2v) is 7.55. The summed E-state index contributed by atoms with van der Waals surface area (Å²) in [5, 5.41) is 3.91. The van der Waals surface area contributed by atoms with Crippen molar-refractivity contribution >= 4 is 10.0 Å². The molecule has 0 saturated carbocycles. The molecule has 0 radical (unpaired) electrons. The molecule has 1 heterocycles. The van der Waals surface area contributed by atoms with Gasteiger partial charge in [0, 0.05) is 13.0 Å². The first kappa shape index (κ1) is 19.0. The van der Waals surface area contributed by atoms with Gasteiger partial charge in [0.2, 0.25) is 21.7 Å². The van der Waals surface area contributed by atoms with Crippen LogP contribution < -0.4 is 9.46 Å². The van der Waals surface area contributed by atoms with E-state index in [0.717, 1.165) is 0 Å². The molecule has 0 aliphatic heterocycles. The molecule has 0 aliphatic rings. The lowest BCUT2D eigenvalue weighted by atomic mass is 10.2. The first-order valence-electron chi connectivity index (χ1n) is 8.14. The summed E-state index contributed by atoms with van der Waals surface area (Å²) in [4.78, 5) is 4.27. The highest BCUT2D eigenvalue weighted by molar-refractivity contribution is 7.88. The maximum Gasteiger partial charge on any atom is 0.228 e. The SMILES string of the molecule is COc1ccccc1-c1noc(CCNS(=O)(=O)Cc2ccc(F)cc2)n1. The molecule has 0 saturated heterocycles. The molecule has 7 nitrogen and oxygen atoms in total. The van der Waals surface area contributed by atoms with Gasteiger partial charge in [-0.15, -0.1) is 0 Å². The van der Waals surface area contributed by atoms with E-state index >= 15 is 0 Å². The van der Waals surface area contributed by atoms with Crippen LogP contribution in [0.1, 0.15) is 11.5 Å². The lowest BCUT2D eigenvalue weighted by Crippen LogP contribution is -2.27. The van der Waals surface area contributed by atoms with Gasteiger partial charge in [0.05, 0.1) is 18.4 Å². The van der Waals surface area contributed by atoms with E-state index in [1.54, 1.807) is 19.2 Å². The standard InChI is InChI=1S/C18H18FN3O4S/c1-25-16-5-3-2-4-15(16)18-21-17(26-22-18)10-11-20-27(23,24)12-13-6-8-14(19)9-7-13/h2-9,20H,10-12H2,1H3. The molecule has 2 aromatic carbocycles. The van der Waals surface area contributed by atoms with Crippen molar-refractivity contribution in [3.05, 3.63) is 65.8 Å². The Kier molecular flexibility index (Phi) is 5.82. The van der Waals surface area contributed by atoms with Crippen LogP contribution in [0.2, 0.25) is 0 Å². The molecule has 0 unspecified atom stereocenters. The second kappa shape index (κ2) is 8.28. The zero-order valence-electron chi connectivity index (χ0n) is 14.6. The number of rotatable bonds is 8. The number of halogens is 1. The van der Waals surface area contributed by atoms with E-state index in [-0.39, 0.29) is 18.7 Å². The lowest BCUT2D eigenvalue weighted by molar-refractivity contribution is 0.378. The molecule has 0 aliphatic carbocycles. The van der Waals surface area contributed by atoms with Gasteiger partial charge in [-0.05, 0) is 29.8 Å². The van der Waals surface area contributed by atoms with E-state index in [0.29, 0.717) is 28.6 Å². The maximum absolute atomic E-state index is 12.9. The molecule has 1 aromatic heterocycles. The van der Waals surface area contributed by atoms with E-state index in [4.69, 9.17) is 9.26 Å². The van der Waals surface area contributed by atoms with Crippen molar-refractivity contribution in [1.29, 1.82) is 0 Å². The van der Waals surface area contributed by atoms with E-state index in [1.165, 1.54) is 24.3 Å². The molecule has 0 amide bonds. The van der Waals surface area contributed by atoms with Gasteiger partial charge in [0.25, 0.3) is 0 Å². The molecule has 0 bridgehead atoms. The zero-order chi connectivity index (χ0) is 19.3. The average molecular weight is 391 g/mol. The fourth-order valence-electron chi connectivity index (χ4n) is 2.46. The summed E-state index contributed by atoms with van der Waals surface area (Å²) >= 11 is 0. The van der Waals surface area contributed by atoms with Crippen molar-refractivity contribution in [2.45, 2.75) is 12.2 Å². The number of hydrogen-bond acceptors (Lipinski definition) is 6. The lowest BCUT2D eigenvalue weighted by Gasteiger charge is -2.05. The molecule has 0 fully saturated rings. The minimum Gasteiger partial charge on any atom is -0.496 e. The van der Waals surface area contributed by atoms with Crippen LogP contribution in [0.25, 0.3) is 11.4 Å². The summed E-state index contributed by atoms with van der Waals surface area (Å²) in [6, 6.07) is 12.6. The monoisotopic (exact) mass is 391 g/mol. The Hall–Kier alpha value is -2.78. The third-order valence-electron chi connectivity index (χ3n) is 3.75. The molecule has 0 spiro atoms. The van der Waals surface area contributed by atoms with Gasteiger partial charge in [0.15, 0.2) is 0 Å². The Labute approximate surface area is 156 Å². The highest BCUT2D eigenvalue weighted by atomic mass is 32.2. The minimum atomic E-state index is -3.56. The average Bonchev–Trinajstić information content (AvgIpc) is 3.12. The summed E-state index contributed by atoms with van der Waals surface area (Å²) in [5.74, 6) is 0.650. The number of methoxy groups -OCH3 is 1. The number of para-hydroxylation sites is 1. The summed E-state index contributed by atoms with van der Waals surface area (Å²) in [6.45, 7) is 0.108. The van der Waals surface area contributed by atoms with Crippen molar-refractivity contribution in [2.24, 2.45) is 0 Å². The van der Waals surface area contributed by atoms with Gasteiger partial charge in [-0.25, -0.2) is 17.5 Å². The summed E-state index contributed by atoms with van der Waals surface area (Å²) in [5.41, 5.74) is 1.19. The first-order chi connectivity index (χ1) is 13.0. The molecular formula is C18H18FN3O4S. The van der Waals surface area contributed by atoms with Gasteiger partial charge in [0.1, 0.15) is 11.6 Å². The summed E-state index contributed by atoms with van der Waals surface area (Å²) in [7, 11) is -2.00. The van der Waals surface area contributed by atoms with Crippen LogP contribution in [0.4, 0.5) is 4.39 Å². The van der Waals surface area contributed by atoms with E-state index in [9.17, 15) is 12.8 Å². The Morgan fingerprint density at radius 3 is 2.63 bits per heavy atom. The first-order valence-corrected chi connectivity index (χ1v) is 9.80. The second-order valence-electron chi connectivity index (χ2n) is 5.74. The number of ether oxygens (including phenoxy) is 1. The van der Waals surface area contributed by atoms with E-state index in [2.05, 4.69) is 14.9 Å². The quantitative estimate of drug-likeness (QED) is 0.634. The molecule has 27 heavy (non-hydrogen) atoms. The Bertz CT molecular complexity index is 1000. The third kappa shape index (κ3) is 5.11. The van der Waals surface area contributed by atoms with Gasteiger partial charge in [-0.3, -0.25) is 0 Å². The van der Waals surface area contributed by atoms with Crippen molar-refractivity contribution in [3.63, 3.8) is 0 Å². The Morgan fingerprint density at radius 2 is 1.89 bits per heavy atom.